The molecule has 0 saturated carbocycles. The molecule has 3 atom stereocenters. The number of aromatic amines is 1. The number of nitrogens with zero attached hydrogens (tertiary/aromatic N) is 6. The van der Waals surface area contributed by atoms with E-state index in [9.17, 15) is 28.8 Å². The number of hydrogen-bond donors (Lipinski definition) is 9. The van der Waals surface area contributed by atoms with Gasteiger partial charge in [-0.05, 0) is 225 Å². The third kappa shape index (κ3) is 46.6. The Morgan fingerprint density at radius 2 is 1.04 bits per heavy atom. The molecule has 0 spiro atoms. The van der Waals surface area contributed by atoms with E-state index in [4.69, 9.17) is 83.1 Å². The number of aryl methyl sites for hydroxylation is 1. The average molecular weight is 2070 g/mol. The van der Waals surface area contributed by atoms with Gasteiger partial charge >= 0.3 is 74.0 Å². The minimum atomic E-state index is -1.34. The number of halogens is 4. The van der Waals surface area contributed by atoms with Crippen molar-refractivity contribution in [3.05, 3.63) is 273 Å². The van der Waals surface area contributed by atoms with E-state index in [-0.39, 0.29) is 79.8 Å². The number of nitrogen functional groups attached to an aromatic ring is 1. The van der Waals surface area contributed by atoms with Gasteiger partial charge in [-0.15, -0.1) is 0 Å². The van der Waals surface area contributed by atoms with Crippen molar-refractivity contribution in [2.45, 2.75) is 213 Å². The molecule has 138 heavy (non-hydrogen) atoms. The zero-order valence-corrected chi connectivity index (χ0v) is 85.1. The summed E-state index contributed by atoms with van der Waals surface area (Å²) in [5, 5.41) is 52.6. The van der Waals surface area contributed by atoms with Gasteiger partial charge in [-0.25, -0.2) is 43.7 Å². The number of carbonyl (C=O) groups is 7. The quantitative estimate of drug-likeness (QED) is 0.00906. The van der Waals surface area contributed by atoms with Crippen molar-refractivity contribution in [1.82, 2.24) is 45.6 Å². The fourth-order valence-corrected chi connectivity index (χ4v) is 12.7. The summed E-state index contributed by atoms with van der Waals surface area (Å²) in [4.78, 5) is 96.0. The van der Waals surface area contributed by atoms with Crippen molar-refractivity contribution >= 4 is 170 Å². The molecular formula is C100H130B3Br2Cl2N13NaO17. The number of fused-ring (bicyclic) bond motifs is 2. The molecular weight excluding hydrogens is 1940 g/mol. The number of amides is 2. The van der Waals surface area contributed by atoms with E-state index in [0.717, 1.165) is 110 Å². The molecule has 0 unspecified atom stereocenters. The summed E-state index contributed by atoms with van der Waals surface area (Å²) in [6, 6.07) is 65.8. The van der Waals surface area contributed by atoms with Crippen molar-refractivity contribution in [2.24, 2.45) is 5.73 Å². The SMILES string of the molecule is C.C.C.C.CC(=O)OOC(C)=O.CC(=O)[O-].CC(C)(C)OC(=O)N[C@H](C=O)Cc1ccccc1.CC(C)(C)OC(=O)N[C@H](CNc1cnc(Cl)c(Br)c1)Cc1ccccc1.Cc1nn(C(=O)OC(C)(C)C)c2ccc(B3OC(C)(C)C(C)(C)O3)cc12.N[C@H](CNc1cnc(-c2ccccc2)c(-c2ccc3[nH]ncc3c2)c1)Cc1ccccc1.Nc1cnc(Cl)c(Br)c1.OB(O)c1ccccc1.[B].[Na+]. The molecule has 7 aromatic carbocycles. The number of H-pyrrole nitrogens is 1. The summed E-state index contributed by atoms with van der Waals surface area (Å²) in [5.74, 6) is -2.36. The van der Waals surface area contributed by atoms with E-state index in [0.29, 0.717) is 57.4 Å². The largest absolute Gasteiger partial charge is 1.00 e. The molecule has 6 heterocycles. The van der Waals surface area contributed by atoms with Gasteiger partial charge in [-0.2, -0.15) is 14.9 Å². The van der Waals surface area contributed by atoms with Crippen LogP contribution in [0.15, 0.2) is 240 Å². The molecule has 2 amide bonds. The molecule has 0 aliphatic carbocycles. The predicted molar refractivity (Wildman–Crippen MR) is 556 cm³/mol. The van der Waals surface area contributed by atoms with Crippen LogP contribution < -0.4 is 78.3 Å². The molecule has 5 aromatic heterocycles. The van der Waals surface area contributed by atoms with E-state index in [1.807, 2.05) is 216 Å². The van der Waals surface area contributed by atoms with Crippen LogP contribution in [0.3, 0.4) is 0 Å². The molecule has 1 fully saturated rings. The van der Waals surface area contributed by atoms with E-state index in [1.54, 1.807) is 57.3 Å². The summed E-state index contributed by atoms with van der Waals surface area (Å²) < 4.78 is 30.9. The summed E-state index contributed by atoms with van der Waals surface area (Å²) in [6.07, 6.45) is 8.08. The van der Waals surface area contributed by atoms with Crippen LogP contribution in [0.25, 0.3) is 44.2 Å². The number of rotatable bonds is 19. The van der Waals surface area contributed by atoms with Crippen LogP contribution in [0.4, 0.5) is 31.4 Å². The number of alkyl carbamates (subject to hydrolysis) is 2. The standard InChI is InChI=1S/C27H25N5.C19H27BN2O4.C19H23BrClN3O2.C14H19NO3.C6H7BO2.C5H4BrClN2.C4H6O4.C2H4O2.4CH4.B.Na/c28-23(13-19-7-3-1-4-8-19)17-29-24-15-25(21-11-12-26-22(14-21)16-31-32-26)27(30-18-24)20-9-5-2-6-10-20;1-12-14-11-13(20-25-18(5,6)19(7,8)26-20)9-10-15(14)22(21-12)16(23)24-17(2,3)4;1-19(2,3)26-18(25)24-15(9-13-7-5-4-6-8-13)12-22-14-10-16(20)17(21)23-11-14;1-14(2,3)18-13(17)15-12(10-16)9-11-7-5-4-6-8-11;8-7(9)6-4-2-1-3-5-6;6-4-1-3(8)2-9-5(4)7;1-3(5)7-8-4(2)6;1-2(3)4;;;;;;/h1-12,14-16,18,23,29H,13,17,28H2,(H,31,32);9-11H,1-8H3;4-8,10-11,15,22H,9,12H2,1-3H3,(H,24,25);4-8,10,12H,9H2,1-3H3,(H,15,17);1-5,8-9H;1-2H,8H2;1-2H3;1H3,(H,3,4);4*1H4;;/q;;;;;;;;;;;;;+1/p-1/t23-;;15-;12-;;;;;;;;;;/m0.00........../s1. The fraction of sp³-hybridized carbons (Fsp3) is 0.340. The van der Waals surface area contributed by atoms with E-state index < -0.39 is 84.5 Å². The molecule has 1 saturated heterocycles. The number of nitrogens with one attached hydrogen (secondary N) is 5. The maximum absolute atomic E-state index is 12.4. The van der Waals surface area contributed by atoms with Crippen LogP contribution in [-0.4, -0.2) is 169 Å². The number of pyridine rings is 3. The zero-order valence-electron chi connectivity index (χ0n) is 78.4. The number of aliphatic carboxylic acids is 1. The molecule has 1 aliphatic rings. The number of nitrogens with two attached hydrogens (primary N) is 2. The number of carboxylic acids is 1. The monoisotopic (exact) mass is 2070 g/mol. The summed E-state index contributed by atoms with van der Waals surface area (Å²) >= 11 is 18.0. The van der Waals surface area contributed by atoms with Gasteiger partial charge in [0.2, 0.25) is 0 Å². The van der Waals surface area contributed by atoms with E-state index >= 15 is 0 Å². The minimum absolute atomic E-state index is 0. The number of ether oxygens (including phenoxy) is 3. The van der Waals surface area contributed by atoms with Crippen LogP contribution in [-0.2, 0) is 71.7 Å². The van der Waals surface area contributed by atoms with Crippen LogP contribution in [0.2, 0.25) is 10.3 Å². The maximum atomic E-state index is 12.4. The van der Waals surface area contributed by atoms with E-state index in [2.05, 4.69) is 137 Å². The Labute approximate surface area is 863 Å². The van der Waals surface area contributed by atoms with Gasteiger partial charge in [-0.1, -0.05) is 223 Å². The van der Waals surface area contributed by atoms with Crippen LogP contribution in [0.5, 0.6) is 0 Å². The second-order valence-electron chi connectivity index (χ2n) is 33.8. The maximum Gasteiger partial charge on any atom is 1.00 e. The van der Waals surface area contributed by atoms with Gasteiger partial charge in [0.05, 0.1) is 96.5 Å². The number of aldehydes is 1. The number of carbonyl (C=O) groups excluding carboxylic acids is 7. The van der Waals surface area contributed by atoms with Crippen LogP contribution >= 0.6 is 55.1 Å². The third-order valence-corrected chi connectivity index (χ3v) is 20.6. The molecule has 30 nitrogen and oxygen atoms in total. The first-order valence-corrected chi connectivity index (χ1v) is 44.1. The first-order valence-electron chi connectivity index (χ1n) is 41.7. The van der Waals surface area contributed by atoms with Crippen molar-refractivity contribution in [2.75, 3.05) is 29.5 Å². The summed E-state index contributed by atoms with van der Waals surface area (Å²) in [7, 11) is -1.79. The second-order valence-corrected chi connectivity index (χ2v) is 36.2. The van der Waals surface area contributed by atoms with Crippen molar-refractivity contribution in [3.8, 4) is 22.4 Å². The summed E-state index contributed by atoms with van der Waals surface area (Å²) in [5.41, 5.74) is 23.1. The normalized spacial score (nSPS) is 12.2. The Morgan fingerprint density at radius 3 is 1.50 bits per heavy atom. The predicted octanol–water partition coefficient (Wildman–Crippen LogP) is 15.5. The number of aromatic nitrogens is 7. The molecule has 12 aromatic rings. The second kappa shape index (κ2) is 61.4. The minimum Gasteiger partial charge on any atom is -0.550 e. The molecule has 38 heteroatoms. The zero-order chi connectivity index (χ0) is 97.7. The van der Waals surface area contributed by atoms with Gasteiger partial charge in [0.15, 0.2) is 0 Å². The first kappa shape index (κ1) is 127. The Balaban J connectivity index is 0.00000164. The van der Waals surface area contributed by atoms with Gasteiger partial charge in [0, 0.05) is 69.3 Å². The van der Waals surface area contributed by atoms with Crippen LogP contribution in [0.1, 0.15) is 163 Å². The van der Waals surface area contributed by atoms with Gasteiger partial charge in [0.1, 0.15) is 33.4 Å². The fourth-order valence-electron chi connectivity index (χ4n) is 11.8. The molecule has 3 radical (unpaired) electrons. The summed E-state index contributed by atoms with van der Waals surface area (Å²) in [6.45, 7) is 30.8. The Kier molecular flexibility index (Phi) is 56.5. The topological polar surface area (TPSA) is 433 Å². The first-order chi connectivity index (χ1) is 62.1. The number of carboxylic acid groups (broad SMARTS) is 1. The van der Waals surface area contributed by atoms with Gasteiger partial charge in [-0.3, -0.25) is 10.1 Å². The molecule has 0 bridgehead atoms. The average Bonchev–Trinajstić information content (AvgIpc) is 1.61. The van der Waals surface area contributed by atoms with Gasteiger partial charge < -0.3 is 81.0 Å². The number of benzene rings is 7. The van der Waals surface area contributed by atoms with Gasteiger partial charge in [0.25, 0.3) is 0 Å². The smallest absolute Gasteiger partial charge is 0.550 e. The Bertz CT molecular complexity index is 5670. The Hall–Kier alpha value is -11.0. The molecule has 1 aliphatic heterocycles. The molecule has 11 N–H and O–H groups in total. The molecule has 735 valence electrons. The van der Waals surface area contributed by atoms with E-state index in [1.165, 1.54) is 16.4 Å². The van der Waals surface area contributed by atoms with Crippen molar-refractivity contribution in [1.29, 1.82) is 0 Å². The number of anilines is 3. The number of hydrogen-bond acceptors (Lipinski definition) is 26. The molecule has 13 rings (SSSR count). The van der Waals surface area contributed by atoms with Crippen molar-refractivity contribution in [3.63, 3.8) is 0 Å². The Morgan fingerprint density at radius 1 is 0.587 bits per heavy atom. The van der Waals surface area contributed by atoms with Crippen molar-refractivity contribution < 1.29 is 112 Å². The third-order valence-electron chi connectivity index (χ3n) is 18.3. The van der Waals surface area contributed by atoms with Crippen LogP contribution in [0, 0.1) is 6.92 Å².